The predicted molar refractivity (Wildman–Crippen MR) is 64.7 cm³/mol. The molecule has 3 unspecified atom stereocenters. The van der Waals surface area contributed by atoms with Crippen LogP contribution in [0.5, 0.6) is 5.75 Å². The van der Waals surface area contributed by atoms with E-state index in [-0.39, 0.29) is 17.7 Å². The van der Waals surface area contributed by atoms with Gasteiger partial charge in [0.25, 0.3) is 5.91 Å². The van der Waals surface area contributed by atoms with Gasteiger partial charge in [-0.25, -0.2) is 0 Å². The molecule has 3 nitrogen and oxygen atoms in total. The van der Waals surface area contributed by atoms with Crippen molar-refractivity contribution in [1.29, 1.82) is 0 Å². The molecule has 0 aliphatic heterocycles. The van der Waals surface area contributed by atoms with Crippen LogP contribution in [0.1, 0.15) is 23.2 Å². The highest BCUT2D eigenvalue weighted by Crippen LogP contribution is 2.39. The highest BCUT2D eigenvalue weighted by molar-refractivity contribution is 5.94. The predicted octanol–water partition coefficient (Wildman–Crippen LogP) is 2.09. The Bertz CT molecular complexity index is 481. The van der Waals surface area contributed by atoms with Gasteiger partial charge in [0, 0.05) is 11.6 Å². The van der Waals surface area contributed by atoms with Gasteiger partial charge in [0.05, 0.1) is 0 Å². The van der Waals surface area contributed by atoms with E-state index in [1.807, 2.05) is 0 Å². The van der Waals surface area contributed by atoms with Crippen LogP contribution >= 0.6 is 0 Å². The third kappa shape index (κ3) is 1.93. The number of nitrogens with one attached hydrogen (secondary N) is 1. The topological polar surface area (TPSA) is 49.3 Å². The lowest BCUT2D eigenvalue weighted by atomic mass is 10.0. The van der Waals surface area contributed by atoms with E-state index in [0.717, 1.165) is 6.42 Å². The number of rotatable bonds is 2. The fourth-order valence-electron chi connectivity index (χ4n) is 2.85. The van der Waals surface area contributed by atoms with E-state index in [9.17, 15) is 9.90 Å². The Balaban J connectivity index is 1.70. The molecule has 0 radical (unpaired) electrons. The standard InChI is InChI=1S/C14H15NO2/c16-12-3-1-2-11(8-12)14(17)15-13-7-9-4-5-10(13)6-9/h1-5,8-10,13,16H,6-7H2,(H,15,17). The maximum absolute atomic E-state index is 12.0. The first-order chi connectivity index (χ1) is 8.22. The molecule has 1 aromatic carbocycles. The summed E-state index contributed by atoms with van der Waals surface area (Å²) in [6, 6.07) is 6.73. The summed E-state index contributed by atoms with van der Waals surface area (Å²) in [6.45, 7) is 0. The summed E-state index contributed by atoms with van der Waals surface area (Å²) < 4.78 is 0. The molecule has 0 heterocycles. The zero-order valence-electron chi connectivity index (χ0n) is 9.47. The fourth-order valence-corrected chi connectivity index (χ4v) is 2.85. The van der Waals surface area contributed by atoms with Gasteiger partial charge < -0.3 is 10.4 Å². The summed E-state index contributed by atoms with van der Waals surface area (Å²) in [7, 11) is 0. The zero-order valence-corrected chi connectivity index (χ0v) is 9.47. The number of aromatic hydroxyl groups is 1. The summed E-state index contributed by atoms with van der Waals surface area (Å²) in [6.07, 6.45) is 6.68. The Morgan fingerprint density at radius 2 is 2.18 bits per heavy atom. The molecular weight excluding hydrogens is 214 g/mol. The fraction of sp³-hybridized carbons (Fsp3) is 0.357. The van der Waals surface area contributed by atoms with Gasteiger partial charge in [0.2, 0.25) is 0 Å². The SMILES string of the molecule is O=C(NC1CC2C=CC1C2)c1cccc(O)c1. The molecule has 1 amide bonds. The van der Waals surface area contributed by atoms with Crippen LogP contribution in [0, 0.1) is 11.8 Å². The summed E-state index contributed by atoms with van der Waals surface area (Å²) in [5.41, 5.74) is 0.525. The summed E-state index contributed by atoms with van der Waals surface area (Å²) >= 11 is 0. The Morgan fingerprint density at radius 1 is 1.29 bits per heavy atom. The maximum Gasteiger partial charge on any atom is 0.251 e. The van der Waals surface area contributed by atoms with Crippen molar-refractivity contribution in [1.82, 2.24) is 5.32 Å². The molecule has 1 saturated carbocycles. The van der Waals surface area contributed by atoms with Crippen LogP contribution in [0.25, 0.3) is 0 Å². The number of phenolic OH excluding ortho intramolecular Hbond substituents is 1. The number of allylic oxidation sites excluding steroid dienone is 1. The van der Waals surface area contributed by atoms with Gasteiger partial charge in [0.15, 0.2) is 0 Å². The number of hydrogen-bond donors (Lipinski definition) is 2. The number of amides is 1. The maximum atomic E-state index is 12.0. The Labute approximate surface area is 100 Å². The number of carbonyl (C=O) groups excluding carboxylic acids is 1. The van der Waals surface area contributed by atoms with Crippen molar-refractivity contribution in [2.45, 2.75) is 18.9 Å². The first kappa shape index (κ1) is 10.4. The molecule has 3 rings (SSSR count). The normalized spacial score (nSPS) is 29.5. The van der Waals surface area contributed by atoms with Crippen LogP contribution < -0.4 is 5.32 Å². The van der Waals surface area contributed by atoms with Crippen molar-refractivity contribution in [3.8, 4) is 5.75 Å². The monoisotopic (exact) mass is 229 g/mol. The highest BCUT2D eigenvalue weighted by atomic mass is 16.3. The Hall–Kier alpha value is -1.77. The molecular formula is C14H15NO2. The molecule has 1 aromatic rings. The highest BCUT2D eigenvalue weighted by Gasteiger charge is 2.36. The van der Waals surface area contributed by atoms with Crippen LogP contribution in [0.15, 0.2) is 36.4 Å². The third-order valence-electron chi connectivity index (χ3n) is 3.70. The van der Waals surface area contributed by atoms with Crippen molar-refractivity contribution in [3.05, 3.63) is 42.0 Å². The summed E-state index contributed by atoms with van der Waals surface area (Å²) in [4.78, 5) is 12.0. The number of fused-ring (bicyclic) bond motifs is 2. The Kier molecular flexibility index (Phi) is 2.39. The van der Waals surface area contributed by atoms with Gasteiger partial charge in [-0.05, 0) is 42.9 Å². The van der Waals surface area contributed by atoms with Crippen molar-refractivity contribution in [2.75, 3.05) is 0 Å². The lowest BCUT2D eigenvalue weighted by Crippen LogP contribution is -2.37. The second-order valence-electron chi connectivity index (χ2n) is 4.91. The van der Waals surface area contributed by atoms with Gasteiger partial charge in [-0.15, -0.1) is 0 Å². The molecule has 2 N–H and O–H groups in total. The second-order valence-corrected chi connectivity index (χ2v) is 4.91. The lowest BCUT2D eigenvalue weighted by Gasteiger charge is -2.19. The molecule has 0 spiro atoms. The smallest absolute Gasteiger partial charge is 0.251 e. The van der Waals surface area contributed by atoms with E-state index >= 15 is 0 Å². The molecule has 2 aliphatic rings. The van der Waals surface area contributed by atoms with E-state index < -0.39 is 0 Å². The Morgan fingerprint density at radius 3 is 2.82 bits per heavy atom. The van der Waals surface area contributed by atoms with Gasteiger partial charge in [-0.3, -0.25) is 4.79 Å². The van der Waals surface area contributed by atoms with Gasteiger partial charge in [0.1, 0.15) is 5.75 Å². The van der Waals surface area contributed by atoms with Gasteiger partial charge in [-0.1, -0.05) is 18.2 Å². The van der Waals surface area contributed by atoms with Crippen LogP contribution in [0.2, 0.25) is 0 Å². The minimum Gasteiger partial charge on any atom is -0.508 e. The third-order valence-corrected chi connectivity index (χ3v) is 3.70. The van der Waals surface area contributed by atoms with Crippen LogP contribution in [0.4, 0.5) is 0 Å². The second kappa shape index (κ2) is 3.91. The van der Waals surface area contributed by atoms with Crippen molar-refractivity contribution in [3.63, 3.8) is 0 Å². The molecule has 2 bridgehead atoms. The molecule has 1 fully saturated rings. The van der Waals surface area contributed by atoms with Crippen LogP contribution in [-0.4, -0.2) is 17.1 Å². The average molecular weight is 229 g/mol. The molecule has 0 aromatic heterocycles. The molecule has 0 saturated heterocycles. The molecule has 17 heavy (non-hydrogen) atoms. The summed E-state index contributed by atoms with van der Waals surface area (Å²) in [5.74, 6) is 1.19. The van der Waals surface area contributed by atoms with E-state index in [0.29, 0.717) is 17.4 Å². The van der Waals surface area contributed by atoms with Crippen LogP contribution in [0.3, 0.4) is 0 Å². The number of carbonyl (C=O) groups is 1. The van der Waals surface area contributed by atoms with Crippen molar-refractivity contribution >= 4 is 5.91 Å². The minimum absolute atomic E-state index is 0.0909. The van der Waals surface area contributed by atoms with Crippen molar-refractivity contribution < 1.29 is 9.90 Å². The van der Waals surface area contributed by atoms with E-state index in [1.54, 1.807) is 18.2 Å². The molecule has 88 valence electrons. The quantitative estimate of drug-likeness (QED) is 0.763. The van der Waals surface area contributed by atoms with Crippen molar-refractivity contribution in [2.24, 2.45) is 11.8 Å². The lowest BCUT2D eigenvalue weighted by molar-refractivity contribution is 0.0931. The zero-order chi connectivity index (χ0) is 11.8. The van der Waals surface area contributed by atoms with Crippen LogP contribution in [-0.2, 0) is 0 Å². The molecule has 3 atom stereocenters. The first-order valence-corrected chi connectivity index (χ1v) is 6.00. The number of benzene rings is 1. The molecule has 3 heteroatoms. The summed E-state index contributed by atoms with van der Waals surface area (Å²) in [5, 5.41) is 12.4. The first-order valence-electron chi connectivity index (χ1n) is 6.00. The largest absolute Gasteiger partial charge is 0.508 e. The van der Waals surface area contributed by atoms with Gasteiger partial charge in [-0.2, -0.15) is 0 Å². The van der Waals surface area contributed by atoms with E-state index in [1.165, 1.54) is 12.5 Å². The minimum atomic E-state index is -0.0909. The average Bonchev–Trinajstić information content (AvgIpc) is 2.91. The van der Waals surface area contributed by atoms with E-state index in [4.69, 9.17) is 0 Å². The number of hydrogen-bond acceptors (Lipinski definition) is 2. The van der Waals surface area contributed by atoms with E-state index in [2.05, 4.69) is 17.5 Å². The number of phenols is 1. The van der Waals surface area contributed by atoms with Gasteiger partial charge >= 0.3 is 0 Å². The molecule has 2 aliphatic carbocycles.